The highest BCUT2D eigenvalue weighted by molar-refractivity contribution is 5.98. The Morgan fingerprint density at radius 1 is 1.13 bits per heavy atom. The van der Waals surface area contributed by atoms with E-state index in [9.17, 15) is 18.0 Å². The molecule has 1 saturated heterocycles. The molecule has 2 aliphatic rings. The van der Waals surface area contributed by atoms with Gasteiger partial charge in [0.05, 0.1) is 27.0 Å². The van der Waals surface area contributed by atoms with E-state index in [4.69, 9.17) is 21.3 Å². The van der Waals surface area contributed by atoms with E-state index in [2.05, 4.69) is 9.89 Å². The molecule has 8 heteroatoms. The smallest absolute Gasteiger partial charge is 0.416 e. The zero-order chi connectivity index (χ0) is 37.7. The van der Waals surface area contributed by atoms with Crippen molar-refractivity contribution in [1.29, 1.82) is 0 Å². The van der Waals surface area contributed by atoms with Crippen LogP contribution >= 0.6 is 0 Å². The number of nitrogens with zero attached hydrogens (tertiary/aromatic N) is 2. The normalized spacial score (nSPS) is 24.3. The first-order valence-electron chi connectivity index (χ1n) is 18.3. The molecule has 1 saturated carbocycles. The number of aryl methyl sites for hydroxylation is 1. The minimum atomic E-state index is -4.83. The number of hydrogen-bond acceptors (Lipinski definition) is 5. The van der Waals surface area contributed by atoms with Crippen molar-refractivity contribution in [3.05, 3.63) is 69.8 Å². The monoisotopic (exact) mass is 542 g/mol. The van der Waals surface area contributed by atoms with E-state index in [1.807, 2.05) is 0 Å². The number of methoxy groups -OCH3 is 1. The zero-order valence-corrected chi connectivity index (χ0v) is 20.8. The number of halogens is 3. The Labute approximate surface area is 239 Å². The molecule has 0 atom stereocenters. The minimum Gasteiger partial charge on any atom is -0.469 e. The van der Waals surface area contributed by atoms with Gasteiger partial charge in [0.1, 0.15) is 6.56 Å². The third kappa shape index (κ3) is 6.76. The van der Waals surface area contributed by atoms with Gasteiger partial charge in [-0.2, -0.15) is 13.2 Å². The fraction of sp³-hybridized carbons (Fsp3) is 0.533. The molecule has 38 heavy (non-hydrogen) atoms. The van der Waals surface area contributed by atoms with Gasteiger partial charge in [-0.1, -0.05) is 55.5 Å². The highest BCUT2D eigenvalue weighted by Gasteiger charge is 2.36. The summed E-state index contributed by atoms with van der Waals surface area (Å²) < 4.78 is 146. The van der Waals surface area contributed by atoms with Crippen LogP contribution in [-0.2, 0) is 40.0 Å². The number of alkyl halides is 3. The summed E-state index contributed by atoms with van der Waals surface area (Å²) >= 11 is 0. The first kappa shape index (κ1) is 16.3. The predicted molar refractivity (Wildman–Crippen MR) is 141 cm³/mol. The van der Waals surface area contributed by atoms with Crippen LogP contribution in [0.4, 0.5) is 13.2 Å². The van der Waals surface area contributed by atoms with Crippen molar-refractivity contribution in [2.45, 2.75) is 77.3 Å². The Hall–Kier alpha value is -2.87. The lowest BCUT2D eigenvalue weighted by Gasteiger charge is -2.37. The molecule has 0 spiro atoms. The Balaban J connectivity index is 1.76. The van der Waals surface area contributed by atoms with Crippen LogP contribution in [0.3, 0.4) is 0 Å². The summed E-state index contributed by atoms with van der Waals surface area (Å²) in [6.07, 6.45) is -4.57. The molecule has 0 aromatic heterocycles. The maximum Gasteiger partial charge on any atom is 0.416 e. The van der Waals surface area contributed by atoms with Crippen LogP contribution in [0.2, 0.25) is 0 Å². The topological polar surface area (TPSA) is 51.1 Å². The number of carbonyl (C=O) groups excluding carboxylic acids is 1. The average molecular weight is 543 g/mol. The number of likely N-dealkylation sites (tertiary alicyclic amines) is 1. The Morgan fingerprint density at radius 2 is 1.92 bits per heavy atom. The van der Waals surface area contributed by atoms with E-state index in [-0.39, 0.29) is 24.6 Å². The molecule has 1 aliphatic carbocycles. The zero-order valence-electron chi connectivity index (χ0n) is 32.8. The molecule has 2 fully saturated rings. The number of carbonyl (C=O) groups is 1. The first-order valence-corrected chi connectivity index (χ1v) is 12.3. The van der Waals surface area contributed by atoms with Crippen LogP contribution in [-0.4, -0.2) is 36.8 Å². The van der Waals surface area contributed by atoms with Crippen molar-refractivity contribution in [1.82, 2.24) is 4.90 Å². The van der Waals surface area contributed by atoms with Crippen LogP contribution in [0.5, 0.6) is 0 Å². The van der Waals surface area contributed by atoms with Crippen LogP contribution in [0, 0.1) is 5.92 Å². The summed E-state index contributed by atoms with van der Waals surface area (Å²) in [6, 6.07) is 5.65. The molecular formula is C30H37F3N2O3. The molecule has 0 bridgehead atoms. The number of rotatable bonds is 9. The van der Waals surface area contributed by atoms with Crippen LogP contribution in [0.1, 0.15) is 102 Å². The van der Waals surface area contributed by atoms with Gasteiger partial charge in [0.15, 0.2) is 0 Å². The van der Waals surface area contributed by atoms with E-state index < -0.39 is 84.7 Å². The number of esters is 1. The second-order valence-electron chi connectivity index (χ2n) is 9.39. The first-order chi connectivity index (χ1) is 22.8. The fourth-order valence-corrected chi connectivity index (χ4v) is 4.76. The second-order valence-corrected chi connectivity index (χ2v) is 9.39. The molecule has 1 aliphatic heterocycles. The number of oxime groups is 1. The second kappa shape index (κ2) is 12.3. The van der Waals surface area contributed by atoms with Gasteiger partial charge in [-0.3, -0.25) is 9.69 Å². The van der Waals surface area contributed by atoms with Crippen molar-refractivity contribution in [3.8, 4) is 0 Å². The summed E-state index contributed by atoms with van der Waals surface area (Å²) in [5.74, 6) is -1.65. The molecule has 1 heterocycles. The van der Waals surface area contributed by atoms with Crippen molar-refractivity contribution < 1.29 is 44.0 Å². The maximum atomic E-state index is 14.2. The summed E-state index contributed by atoms with van der Waals surface area (Å²) in [4.78, 5) is 18.0. The molecule has 0 radical (unpaired) electrons. The SMILES string of the molecule is [2H]C([2H])([2H])/C(=N\OC([2H])([2H])c1ccc(C2CCCCC2)c(C(F)(F)F)c1)c1ccc(C([2H])([2H])N2CC(C(=O)OC)C2)c(C([2H])([2H])C([2H])([2H])[2H])c1. The summed E-state index contributed by atoms with van der Waals surface area (Å²) in [7, 11) is 1.16. The highest BCUT2D eigenvalue weighted by atomic mass is 19.4. The average Bonchev–Trinajstić information content (AvgIpc) is 2.98. The summed E-state index contributed by atoms with van der Waals surface area (Å²) in [6.45, 7) is -12.5. The Bertz CT molecular complexity index is 1600. The number of hydrogen-bond donors (Lipinski definition) is 0. The van der Waals surface area contributed by atoms with Gasteiger partial charge in [0, 0.05) is 33.3 Å². The van der Waals surface area contributed by atoms with Gasteiger partial charge in [0.2, 0.25) is 0 Å². The lowest BCUT2D eigenvalue weighted by molar-refractivity contribution is -0.151. The van der Waals surface area contributed by atoms with E-state index in [1.54, 1.807) is 0 Å². The molecule has 4 rings (SSSR count). The van der Waals surface area contributed by atoms with E-state index in [1.165, 1.54) is 6.07 Å². The Kier molecular flexibility index (Phi) is 5.28. The fourth-order valence-electron chi connectivity index (χ4n) is 4.76. The van der Waals surface area contributed by atoms with Crippen molar-refractivity contribution >= 4 is 11.7 Å². The van der Waals surface area contributed by atoms with Gasteiger partial charge < -0.3 is 9.57 Å². The van der Waals surface area contributed by atoms with Gasteiger partial charge >= 0.3 is 12.1 Å². The van der Waals surface area contributed by atoms with Gasteiger partial charge in [-0.15, -0.1) is 0 Å². The van der Waals surface area contributed by atoms with Crippen molar-refractivity contribution in [3.63, 3.8) is 0 Å². The largest absolute Gasteiger partial charge is 0.469 e. The lowest BCUT2D eigenvalue weighted by Crippen LogP contribution is -2.50. The molecule has 0 N–H and O–H groups in total. The standard InChI is InChI=1S/C30H37F3N2O3/c1-4-22-15-24(11-12-25(22)16-35-17-26(18-35)29(36)37-3)20(2)34-38-19-21-10-13-27(23-8-6-5-7-9-23)28(14-21)30(31,32)33/h10-15,23,26H,4-9,16-19H2,1-3H3/b34-20+/i1D3,2D3,4D2,16D2,19D2. The number of ether oxygens (including phenoxy) is 1. The lowest BCUT2D eigenvalue weighted by atomic mass is 9.81. The van der Waals surface area contributed by atoms with Crippen molar-refractivity contribution in [2.24, 2.45) is 11.1 Å². The maximum absolute atomic E-state index is 14.2. The Morgan fingerprint density at radius 3 is 2.61 bits per heavy atom. The number of benzene rings is 2. The van der Waals surface area contributed by atoms with E-state index in [0.717, 1.165) is 55.5 Å². The highest BCUT2D eigenvalue weighted by Crippen LogP contribution is 2.41. The molecule has 0 amide bonds. The molecular weight excluding hydrogens is 493 g/mol. The van der Waals surface area contributed by atoms with Crippen LogP contribution < -0.4 is 0 Å². The van der Waals surface area contributed by atoms with E-state index >= 15 is 0 Å². The molecule has 0 unspecified atom stereocenters. The van der Waals surface area contributed by atoms with Gasteiger partial charge in [0.25, 0.3) is 0 Å². The molecule has 2 aromatic carbocycles. The van der Waals surface area contributed by atoms with Crippen LogP contribution in [0.25, 0.3) is 0 Å². The third-order valence-corrected chi connectivity index (χ3v) is 6.83. The molecule has 206 valence electrons. The minimum absolute atomic E-state index is 0.0264. The van der Waals surface area contributed by atoms with Crippen molar-refractivity contribution in [2.75, 3.05) is 20.2 Å². The summed E-state index contributed by atoms with van der Waals surface area (Å²) in [5.41, 5.74) is -4.35. The predicted octanol–water partition coefficient (Wildman–Crippen LogP) is 6.86. The van der Waals surface area contributed by atoms with Crippen LogP contribution in [0.15, 0.2) is 41.6 Å². The van der Waals surface area contributed by atoms with E-state index in [0.29, 0.717) is 18.9 Å². The summed E-state index contributed by atoms with van der Waals surface area (Å²) in [5, 5.41) is 3.48. The third-order valence-electron chi connectivity index (χ3n) is 6.83. The van der Waals surface area contributed by atoms with Gasteiger partial charge in [-0.25, -0.2) is 0 Å². The molecule has 2 aromatic rings. The quantitative estimate of drug-likeness (QED) is 0.197. The molecule has 5 nitrogen and oxygen atoms in total. The van der Waals surface area contributed by atoms with Gasteiger partial charge in [-0.05, 0) is 71.9 Å².